The van der Waals surface area contributed by atoms with E-state index in [2.05, 4.69) is 9.97 Å². The Labute approximate surface area is 75.2 Å². The molecule has 0 atom stereocenters. The van der Waals surface area contributed by atoms with Gasteiger partial charge in [-0.2, -0.15) is 0 Å². The summed E-state index contributed by atoms with van der Waals surface area (Å²) in [6.07, 6.45) is 3.24. The van der Waals surface area contributed by atoms with Gasteiger partial charge in [0.25, 0.3) is 0 Å². The summed E-state index contributed by atoms with van der Waals surface area (Å²) in [4.78, 5) is 8.19. The zero-order chi connectivity index (χ0) is 9.42. The highest BCUT2D eigenvalue weighted by atomic mass is 16.5. The van der Waals surface area contributed by atoms with Gasteiger partial charge in [0.05, 0.1) is 25.3 Å². The van der Waals surface area contributed by atoms with Gasteiger partial charge in [0.1, 0.15) is 11.0 Å². The van der Waals surface area contributed by atoms with Crippen molar-refractivity contribution in [1.29, 1.82) is 0 Å². The zero-order valence-corrected chi connectivity index (χ0v) is 7.48. The highest BCUT2D eigenvalue weighted by Gasteiger charge is 2.10. The third kappa shape index (κ3) is 1.00. The summed E-state index contributed by atoms with van der Waals surface area (Å²) in [6, 6.07) is 0. The molecule has 0 aliphatic heterocycles. The van der Waals surface area contributed by atoms with E-state index in [-0.39, 0.29) is 0 Å². The predicted octanol–water partition coefficient (Wildman–Crippen LogP) is 0.559. The Balaban J connectivity index is 2.88. The van der Waals surface area contributed by atoms with E-state index in [4.69, 9.17) is 10.5 Å². The number of rotatable bonds is 1. The van der Waals surface area contributed by atoms with Crippen molar-refractivity contribution in [1.82, 2.24) is 14.5 Å². The summed E-state index contributed by atoms with van der Waals surface area (Å²) in [5.74, 6) is 0.546. The van der Waals surface area contributed by atoms with Crippen LogP contribution in [0.1, 0.15) is 0 Å². The van der Waals surface area contributed by atoms with Crippen LogP contribution >= 0.6 is 0 Å². The fraction of sp³-hybridized carbons (Fsp3) is 0.250. The van der Waals surface area contributed by atoms with Crippen molar-refractivity contribution in [3.05, 3.63) is 12.5 Å². The maximum Gasteiger partial charge on any atom is 0.240 e. The maximum atomic E-state index is 5.70. The smallest absolute Gasteiger partial charge is 0.240 e. The molecular weight excluding hydrogens is 168 g/mol. The number of nitrogens with zero attached hydrogens (tertiary/aromatic N) is 3. The number of pyridine rings is 1. The number of hydrogen-bond donors (Lipinski definition) is 1. The third-order valence-electron chi connectivity index (χ3n) is 1.93. The lowest BCUT2D eigenvalue weighted by Gasteiger charge is -2.02. The normalized spacial score (nSPS) is 10.6. The zero-order valence-electron chi connectivity index (χ0n) is 7.48. The van der Waals surface area contributed by atoms with Gasteiger partial charge in [0.2, 0.25) is 5.88 Å². The quantitative estimate of drug-likeness (QED) is 0.692. The standard InChI is InChI=1S/C8H10N4O/c1-12-4-11-6-5(9)3-10-8(13-2)7(6)12/h3-4H,9H2,1-2H3. The number of imidazole rings is 1. The molecular formula is C8H10N4O. The van der Waals surface area contributed by atoms with Crippen molar-refractivity contribution in [2.24, 2.45) is 7.05 Å². The van der Waals surface area contributed by atoms with Crippen LogP contribution in [0.4, 0.5) is 5.69 Å². The van der Waals surface area contributed by atoms with Crippen molar-refractivity contribution < 1.29 is 4.74 Å². The number of ether oxygens (including phenoxy) is 1. The van der Waals surface area contributed by atoms with Crippen molar-refractivity contribution in [2.75, 3.05) is 12.8 Å². The van der Waals surface area contributed by atoms with Gasteiger partial charge < -0.3 is 15.0 Å². The van der Waals surface area contributed by atoms with Crippen molar-refractivity contribution in [3.63, 3.8) is 0 Å². The number of aryl methyl sites for hydroxylation is 1. The molecule has 0 aromatic carbocycles. The van der Waals surface area contributed by atoms with E-state index >= 15 is 0 Å². The second-order valence-corrected chi connectivity index (χ2v) is 2.78. The van der Waals surface area contributed by atoms with Crippen molar-refractivity contribution in [2.45, 2.75) is 0 Å². The van der Waals surface area contributed by atoms with Crippen LogP contribution in [0.25, 0.3) is 11.0 Å². The summed E-state index contributed by atoms with van der Waals surface area (Å²) in [7, 11) is 3.45. The molecule has 0 spiro atoms. The van der Waals surface area contributed by atoms with Gasteiger partial charge in [-0.15, -0.1) is 0 Å². The number of aromatic nitrogens is 3. The third-order valence-corrected chi connectivity index (χ3v) is 1.93. The molecule has 0 fully saturated rings. The van der Waals surface area contributed by atoms with Crippen LogP contribution in [0.5, 0.6) is 5.88 Å². The summed E-state index contributed by atoms with van der Waals surface area (Å²) >= 11 is 0. The summed E-state index contributed by atoms with van der Waals surface area (Å²) in [5.41, 5.74) is 7.82. The Morgan fingerprint density at radius 2 is 2.23 bits per heavy atom. The van der Waals surface area contributed by atoms with E-state index in [0.29, 0.717) is 11.6 Å². The second-order valence-electron chi connectivity index (χ2n) is 2.78. The van der Waals surface area contributed by atoms with Crippen LogP contribution in [-0.4, -0.2) is 21.6 Å². The van der Waals surface area contributed by atoms with Gasteiger partial charge in [-0.05, 0) is 0 Å². The molecule has 13 heavy (non-hydrogen) atoms. The molecule has 5 nitrogen and oxygen atoms in total. The molecule has 0 bridgehead atoms. The molecule has 0 saturated carbocycles. The van der Waals surface area contributed by atoms with E-state index in [1.807, 2.05) is 11.6 Å². The predicted molar refractivity (Wildman–Crippen MR) is 49.5 cm³/mol. The van der Waals surface area contributed by atoms with Gasteiger partial charge in [0.15, 0.2) is 0 Å². The number of fused-ring (bicyclic) bond motifs is 1. The first-order valence-electron chi connectivity index (χ1n) is 3.83. The lowest BCUT2D eigenvalue weighted by atomic mass is 10.3. The Morgan fingerprint density at radius 3 is 2.92 bits per heavy atom. The van der Waals surface area contributed by atoms with Crippen molar-refractivity contribution >= 4 is 16.7 Å². The van der Waals surface area contributed by atoms with Gasteiger partial charge in [-0.25, -0.2) is 9.97 Å². The Bertz CT molecular complexity index is 449. The van der Waals surface area contributed by atoms with Gasteiger partial charge in [-0.3, -0.25) is 0 Å². The van der Waals surface area contributed by atoms with Crippen LogP contribution in [0, 0.1) is 0 Å². The van der Waals surface area contributed by atoms with Crippen LogP contribution in [0.15, 0.2) is 12.5 Å². The molecule has 2 aromatic heterocycles. The number of nitrogen functional groups attached to an aromatic ring is 1. The Morgan fingerprint density at radius 1 is 1.46 bits per heavy atom. The van der Waals surface area contributed by atoms with E-state index in [9.17, 15) is 0 Å². The highest BCUT2D eigenvalue weighted by molar-refractivity contribution is 5.89. The molecule has 5 heteroatoms. The largest absolute Gasteiger partial charge is 0.479 e. The van der Waals surface area contributed by atoms with Crippen LogP contribution in [0.2, 0.25) is 0 Å². The van der Waals surface area contributed by atoms with E-state index in [0.717, 1.165) is 11.0 Å². The number of hydrogen-bond acceptors (Lipinski definition) is 4. The number of anilines is 1. The molecule has 0 unspecified atom stereocenters. The van der Waals surface area contributed by atoms with Gasteiger partial charge >= 0.3 is 0 Å². The SMILES string of the molecule is COc1ncc(N)c2ncn(C)c12. The molecule has 0 radical (unpaired) electrons. The Hall–Kier alpha value is -1.78. The minimum Gasteiger partial charge on any atom is -0.479 e. The number of nitrogens with two attached hydrogens (primary N) is 1. The topological polar surface area (TPSA) is 66.0 Å². The van der Waals surface area contributed by atoms with Gasteiger partial charge in [0, 0.05) is 7.05 Å². The first-order chi connectivity index (χ1) is 6.24. The summed E-state index contributed by atoms with van der Waals surface area (Å²) in [5, 5.41) is 0. The highest BCUT2D eigenvalue weighted by Crippen LogP contribution is 2.25. The molecule has 68 valence electrons. The fourth-order valence-corrected chi connectivity index (χ4v) is 1.29. The maximum absolute atomic E-state index is 5.70. The average Bonchev–Trinajstić information content (AvgIpc) is 2.51. The molecule has 0 saturated heterocycles. The average molecular weight is 178 g/mol. The lowest BCUT2D eigenvalue weighted by Crippen LogP contribution is -1.96. The lowest BCUT2D eigenvalue weighted by molar-refractivity contribution is 0.401. The monoisotopic (exact) mass is 178 g/mol. The first-order valence-corrected chi connectivity index (χ1v) is 3.83. The van der Waals surface area contributed by atoms with Crippen LogP contribution in [-0.2, 0) is 7.05 Å². The summed E-state index contributed by atoms with van der Waals surface area (Å²) in [6.45, 7) is 0. The molecule has 0 aliphatic carbocycles. The molecule has 0 amide bonds. The molecule has 2 aromatic rings. The second kappa shape index (κ2) is 2.62. The summed E-state index contributed by atoms with van der Waals surface area (Å²) < 4.78 is 6.92. The molecule has 2 rings (SSSR count). The molecule has 2 heterocycles. The van der Waals surface area contributed by atoms with Crippen molar-refractivity contribution in [3.8, 4) is 5.88 Å². The van der Waals surface area contributed by atoms with Crippen LogP contribution < -0.4 is 10.5 Å². The number of methoxy groups -OCH3 is 1. The van der Waals surface area contributed by atoms with Crippen LogP contribution in [0.3, 0.4) is 0 Å². The minimum atomic E-state index is 0.546. The molecule has 0 aliphatic rings. The van der Waals surface area contributed by atoms with E-state index < -0.39 is 0 Å². The Kier molecular flexibility index (Phi) is 1.58. The molecule has 2 N–H and O–H groups in total. The van der Waals surface area contributed by atoms with E-state index in [1.54, 1.807) is 19.6 Å². The van der Waals surface area contributed by atoms with Gasteiger partial charge in [-0.1, -0.05) is 0 Å². The first kappa shape index (κ1) is 7.85. The fourth-order valence-electron chi connectivity index (χ4n) is 1.29. The minimum absolute atomic E-state index is 0.546. The van der Waals surface area contributed by atoms with E-state index in [1.165, 1.54) is 0 Å².